The lowest BCUT2D eigenvalue weighted by Crippen LogP contribution is -2.62. The Morgan fingerprint density at radius 1 is 0.760 bits per heavy atom. The Morgan fingerprint density at radius 3 is 1.88 bits per heavy atom. The molecule has 0 amide bonds. The van der Waals surface area contributed by atoms with Gasteiger partial charge in [-0.15, -0.1) is 0 Å². The molecule has 148 valence electrons. The zero-order chi connectivity index (χ0) is 18.7. The maximum atomic E-state index is 10.1. The van der Waals surface area contributed by atoms with Crippen LogP contribution in [0.3, 0.4) is 0 Å². The highest BCUT2D eigenvalue weighted by Gasteiger charge is 2.47. The Kier molecular flexibility index (Phi) is 7.49. The van der Waals surface area contributed by atoms with Crippen molar-refractivity contribution >= 4 is 0 Å². The highest BCUT2D eigenvalue weighted by atomic mass is 16.7. The molecule has 10 atom stereocenters. The Bertz CT molecular complexity index is 410. The summed E-state index contributed by atoms with van der Waals surface area (Å²) in [6.07, 6.45) is -12.5. The van der Waals surface area contributed by atoms with E-state index in [0.717, 1.165) is 0 Å². The van der Waals surface area contributed by atoms with Gasteiger partial charge in [0.2, 0.25) is 0 Å². The van der Waals surface area contributed by atoms with E-state index in [1.807, 2.05) is 0 Å². The molecule has 0 aromatic carbocycles. The zero-order valence-corrected chi connectivity index (χ0v) is 13.9. The van der Waals surface area contributed by atoms with Crippen LogP contribution in [0, 0.1) is 0 Å². The number of aliphatic hydroxyl groups is 6. The Labute approximate surface area is 144 Å². The van der Waals surface area contributed by atoms with E-state index in [0.29, 0.717) is 0 Å². The van der Waals surface area contributed by atoms with Gasteiger partial charge in [-0.1, -0.05) is 0 Å². The van der Waals surface area contributed by atoms with Crippen molar-refractivity contribution in [1.82, 2.24) is 0 Å². The zero-order valence-electron chi connectivity index (χ0n) is 13.9. The number of methoxy groups -OCH3 is 2. The summed E-state index contributed by atoms with van der Waals surface area (Å²) in [7, 11) is 2.53. The fourth-order valence-corrected chi connectivity index (χ4v) is 2.94. The molecule has 2 aliphatic rings. The SMILES string of the molecule is CO[C@@H]1C(O)OC(COC2OC(CO)[C@@H](O)[C@H](O)[C@@H]2OC)[C@@H](O)[C@@H]1O. The van der Waals surface area contributed by atoms with Crippen LogP contribution in [-0.2, 0) is 23.7 Å². The van der Waals surface area contributed by atoms with Gasteiger partial charge in [0.1, 0.15) is 48.8 Å². The summed E-state index contributed by atoms with van der Waals surface area (Å²) in [6.45, 7) is -0.874. The molecule has 0 aromatic heterocycles. The van der Waals surface area contributed by atoms with Crippen LogP contribution in [0.15, 0.2) is 0 Å². The normalized spacial score (nSPS) is 48.5. The van der Waals surface area contributed by atoms with Crippen LogP contribution in [0.4, 0.5) is 0 Å². The fourth-order valence-electron chi connectivity index (χ4n) is 2.94. The van der Waals surface area contributed by atoms with E-state index >= 15 is 0 Å². The van der Waals surface area contributed by atoms with Gasteiger partial charge in [0.15, 0.2) is 12.6 Å². The van der Waals surface area contributed by atoms with Crippen LogP contribution in [0.5, 0.6) is 0 Å². The molecule has 0 saturated carbocycles. The molecule has 2 saturated heterocycles. The van der Waals surface area contributed by atoms with Gasteiger partial charge in [0.25, 0.3) is 0 Å². The molecule has 0 radical (unpaired) electrons. The van der Waals surface area contributed by atoms with Crippen LogP contribution >= 0.6 is 0 Å². The third kappa shape index (κ3) is 4.28. The summed E-state index contributed by atoms with van der Waals surface area (Å²) in [4.78, 5) is 0. The van der Waals surface area contributed by atoms with E-state index < -0.39 is 68.0 Å². The summed E-state index contributed by atoms with van der Waals surface area (Å²) in [6, 6.07) is 0. The molecule has 2 fully saturated rings. The van der Waals surface area contributed by atoms with Gasteiger partial charge in [-0.05, 0) is 0 Å². The first-order chi connectivity index (χ1) is 11.8. The topological polar surface area (TPSA) is 168 Å². The maximum Gasteiger partial charge on any atom is 0.187 e. The van der Waals surface area contributed by atoms with Crippen molar-refractivity contribution in [2.45, 2.75) is 61.4 Å². The first-order valence-corrected chi connectivity index (χ1v) is 7.85. The second-order valence-corrected chi connectivity index (χ2v) is 5.99. The highest BCUT2D eigenvalue weighted by molar-refractivity contribution is 4.92. The van der Waals surface area contributed by atoms with Crippen molar-refractivity contribution in [1.29, 1.82) is 0 Å². The van der Waals surface area contributed by atoms with Gasteiger partial charge >= 0.3 is 0 Å². The molecule has 0 bridgehead atoms. The van der Waals surface area contributed by atoms with Gasteiger partial charge < -0.3 is 54.3 Å². The molecule has 0 spiro atoms. The van der Waals surface area contributed by atoms with Crippen molar-refractivity contribution in [2.75, 3.05) is 27.4 Å². The monoisotopic (exact) mass is 370 g/mol. The minimum atomic E-state index is -1.47. The summed E-state index contributed by atoms with van der Waals surface area (Å²) in [5.74, 6) is 0. The third-order valence-electron chi connectivity index (χ3n) is 4.46. The van der Waals surface area contributed by atoms with Gasteiger partial charge in [-0.2, -0.15) is 0 Å². The lowest BCUT2D eigenvalue weighted by Gasteiger charge is -2.43. The van der Waals surface area contributed by atoms with Crippen LogP contribution in [0.1, 0.15) is 0 Å². The molecule has 4 unspecified atom stereocenters. The van der Waals surface area contributed by atoms with Crippen LogP contribution in [-0.4, -0.2) is 119 Å². The van der Waals surface area contributed by atoms with E-state index in [1.165, 1.54) is 14.2 Å². The first kappa shape index (κ1) is 20.9. The third-order valence-corrected chi connectivity index (χ3v) is 4.46. The molecule has 11 heteroatoms. The fraction of sp³-hybridized carbons (Fsp3) is 1.00. The molecule has 2 rings (SSSR count). The molecule has 11 nitrogen and oxygen atoms in total. The Hall–Kier alpha value is -0.440. The average Bonchev–Trinajstić information content (AvgIpc) is 2.60. The van der Waals surface area contributed by atoms with Crippen molar-refractivity contribution in [3.8, 4) is 0 Å². The number of rotatable bonds is 6. The van der Waals surface area contributed by atoms with E-state index in [4.69, 9.17) is 23.7 Å². The van der Waals surface area contributed by atoms with E-state index in [1.54, 1.807) is 0 Å². The second-order valence-electron chi connectivity index (χ2n) is 5.99. The highest BCUT2D eigenvalue weighted by Crippen LogP contribution is 2.26. The summed E-state index contributed by atoms with van der Waals surface area (Å²) >= 11 is 0. The molecule has 6 N–H and O–H groups in total. The minimum Gasteiger partial charge on any atom is -0.394 e. The molecular weight excluding hydrogens is 344 g/mol. The first-order valence-electron chi connectivity index (χ1n) is 7.85. The van der Waals surface area contributed by atoms with Crippen molar-refractivity contribution < 1.29 is 54.3 Å². The van der Waals surface area contributed by atoms with Gasteiger partial charge in [-0.3, -0.25) is 0 Å². The van der Waals surface area contributed by atoms with Crippen LogP contribution in [0.25, 0.3) is 0 Å². The molecule has 0 aromatic rings. The molecule has 2 aliphatic heterocycles. The largest absolute Gasteiger partial charge is 0.394 e. The summed E-state index contributed by atoms with van der Waals surface area (Å²) < 4.78 is 25.9. The standard InChI is InChI=1S/C14H26O11/c1-21-11-9(18)8(17)6(24-13(11)20)4-23-14-12(22-2)10(19)7(16)5(3-15)25-14/h5-20H,3-4H2,1-2H3/t5?,6?,7-,8-,9+,10+,11+,12+,13?,14?/m1/s1. The summed E-state index contributed by atoms with van der Waals surface area (Å²) in [5.41, 5.74) is 0. The van der Waals surface area contributed by atoms with E-state index in [9.17, 15) is 30.6 Å². The quantitative estimate of drug-likeness (QED) is 0.269. The number of aliphatic hydroxyl groups excluding tert-OH is 6. The lowest BCUT2D eigenvalue weighted by molar-refractivity contribution is -0.329. The number of hydrogen-bond acceptors (Lipinski definition) is 11. The van der Waals surface area contributed by atoms with Crippen molar-refractivity contribution in [3.05, 3.63) is 0 Å². The maximum absolute atomic E-state index is 10.1. The molecule has 25 heavy (non-hydrogen) atoms. The van der Waals surface area contributed by atoms with Gasteiger partial charge in [0.05, 0.1) is 13.2 Å². The van der Waals surface area contributed by atoms with Gasteiger partial charge in [0, 0.05) is 14.2 Å². The molecular formula is C14H26O11. The Balaban J connectivity index is 1.99. The van der Waals surface area contributed by atoms with Crippen molar-refractivity contribution in [3.63, 3.8) is 0 Å². The predicted molar refractivity (Wildman–Crippen MR) is 78.2 cm³/mol. The number of ether oxygens (including phenoxy) is 5. The summed E-state index contributed by atoms with van der Waals surface area (Å²) in [5, 5.41) is 58.8. The smallest absolute Gasteiger partial charge is 0.187 e. The van der Waals surface area contributed by atoms with Crippen LogP contribution in [0.2, 0.25) is 0 Å². The Morgan fingerprint density at radius 2 is 1.32 bits per heavy atom. The predicted octanol–water partition coefficient (Wildman–Crippen LogP) is -4.09. The molecule has 0 aliphatic carbocycles. The second kappa shape index (κ2) is 8.97. The average molecular weight is 370 g/mol. The number of hydrogen-bond donors (Lipinski definition) is 6. The van der Waals surface area contributed by atoms with Crippen molar-refractivity contribution in [2.24, 2.45) is 0 Å². The van der Waals surface area contributed by atoms with Gasteiger partial charge in [-0.25, -0.2) is 0 Å². The minimum absolute atomic E-state index is 0.322. The van der Waals surface area contributed by atoms with E-state index in [-0.39, 0.29) is 6.61 Å². The molecule has 2 heterocycles. The van der Waals surface area contributed by atoms with E-state index in [2.05, 4.69) is 0 Å². The lowest BCUT2D eigenvalue weighted by atomic mass is 9.98. The van der Waals surface area contributed by atoms with Crippen LogP contribution < -0.4 is 0 Å².